The molecule has 0 aliphatic heterocycles. The molecule has 1 nitrogen and oxygen atoms in total. The molecule has 4 heteroatoms. The normalized spacial score (nSPS) is 10.9. The van der Waals surface area contributed by atoms with Crippen molar-refractivity contribution in [2.24, 2.45) is 0 Å². The van der Waals surface area contributed by atoms with Crippen LogP contribution in [0.25, 0.3) is 0 Å². The maximum atomic E-state index is 12.4. The molecule has 0 N–H and O–H groups in total. The molecule has 0 spiro atoms. The van der Waals surface area contributed by atoms with Gasteiger partial charge in [-0.15, -0.1) is 11.8 Å². The van der Waals surface area contributed by atoms with Crippen LogP contribution in [0.5, 0.6) is 0 Å². The van der Waals surface area contributed by atoms with Crippen LogP contribution in [0.2, 0.25) is 10.0 Å². The second kappa shape index (κ2) is 9.98. The first-order valence-electron chi connectivity index (χ1n) is 8.80. The summed E-state index contributed by atoms with van der Waals surface area (Å²) in [5.74, 6) is 0.736. The second-order valence-electron chi connectivity index (χ2n) is 6.32. The molecule has 0 aliphatic rings. The van der Waals surface area contributed by atoms with Crippen molar-refractivity contribution in [1.29, 1.82) is 0 Å². The molecule has 0 heterocycles. The second-order valence-corrected chi connectivity index (χ2v) is 8.28. The van der Waals surface area contributed by atoms with Crippen molar-refractivity contribution in [2.75, 3.05) is 5.75 Å². The van der Waals surface area contributed by atoms with Crippen molar-refractivity contribution in [3.05, 3.63) is 106 Å². The number of benzene rings is 3. The fourth-order valence-corrected chi connectivity index (χ4v) is 4.28. The maximum absolute atomic E-state index is 12.4. The van der Waals surface area contributed by atoms with Gasteiger partial charge in [-0.25, -0.2) is 0 Å². The standard InChI is InChI=1S/C23H20Cl2OS/c24-20-11-7-18(8-12-20)23(19-9-13-21(25)14-10-19)27-16-22(26)15-6-17-4-2-1-3-5-17/h1-5,7-14,23H,6,15-16H2. The van der Waals surface area contributed by atoms with E-state index in [0.29, 0.717) is 22.2 Å². The molecule has 0 amide bonds. The molecule has 0 unspecified atom stereocenters. The lowest BCUT2D eigenvalue weighted by Crippen LogP contribution is -2.06. The molecule has 3 rings (SSSR count). The number of hydrogen-bond donors (Lipinski definition) is 0. The van der Waals surface area contributed by atoms with Gasteiger partial charge in [0.2, 0.25) is 0 Å². The lowest BCUT2D eigenvalue weighted by atomic mass is 10.0. The Labute approximate surface area is 174 Å². The van der Waals surface area contributed by atoms with Crippen LogP contribution in [0, 0.1) is 0 Å². The van der Waals surface area contributed by atoms with E-state index in [1.54, 1.807) is 11.8 Å². The molecule has 0 saturated carbocycles. The number of halogens is 2. The number of rotatable bonds is 8. The molecule has 0 atom stereocenters. The van der Waals surface area contributed by atoms with Crippen LogP contribution in [-0.2, 0) is 11.2 Å². The molecular weight excluding hydrogens is 395 g/mol. The summed E-state index contributed by atoms with van der Waals surface area (Å²) in [6.07, 6.45) is 1.34. The molecule has 0 fully saturated rings. The summed E-state index contributed by atoms with van der Waals surface area (Å²) in [4.78, 5) is 12.4. The summed E-state index contributed by atoms with van der Waals surface area (Å²) in [5, 5.41) is 1.48. The predicted molar refractivity (Wildman–Crippen MR) is 117 cm³/mol. The summed E-state index contributed by atoms with van der Waals surface area (Å²) in [7, 11) is 0. The van der Waals surface area contributed by atoms with Gasteiger partial charge in [-0.1, -0.05) is 77.8 Å². The Balaban J connectivity index is 1.67. The SMILES string of the molecule is O=C(CCc1ccccc1)CSC(c1ccc(Cl)cc1)c1ccc(Cl)cc1. The lowest BCUT2D eigenvalue weighted by molar-refractivity contribution is -0.116. The van der Waals surface area contributed by atoms with E-state index in [1.807, 2.05) is 66.7 Å². The highest BCUT2D eigenvalue weighted by molar-refractivity contribution is 8.00. The topological polar surface area (TPSA) is 17.1 Å². The average Bonchev–Trinajstić information content (AvgIpc) is 2.70. The van der Waals surface area contributed by atoms with Gasteiger partial charge in [0, 0.05) is 16.5 Å². The van der Waals surface area contributed by atoms with E-state index >= 15 is 0 Å². The van der Waals surface area contributed by atoms with Gasteiger partial charge in [-0.05, 0) is 47.4 Å². The van der Waals surface area contributed by atoms with Crippen molar-refractivity contribution in [3.8, 4) is 0 Å². The summed E-state index contributed by atoms with van der Waals surface area (Å²) < 4.78 is 0. The van der Waals surface area contributed by atoms with Crippen LogP contribution < -0.4 is 0 Å². The molecule has 0 aliphatic carbocycles. The largest absolute Gasteiger partial charge is 0.299 e. The molecule has 27 heavy (non-hydrogen) atoms. The van der Waals surface area contributed by atoms with E-state index in [-0.39, 0.29) is 11.0 Å². The van der Waals surface area contributed by atoms with Gasteiger partial charge in [-0.3, -0.25) is 4.79 Å². The first-order valence-corrected chi connectivity index (χ1v) is 10.6. The van der Waals surface area contributed by atoms with Crippen LogP contribution in [0.1, 0.15) is 28.4 Å². The minimum Gasteiger partial charge on any atom is -0.299 e. The Morgan fingerprint density at radius 2 is 1.30 bits per heavy atom. The van der Waals surface area contributed by atoms with Gasteiger partial charge in [0.15, 0.2) is 0 Å². The number of Topliss-reactive ketones (excluding diaryl/α,β-unsaturated/α-hetero) is 1. The molecule has 0 radical (unpaired) electrons. The molecule has 3 aromatic rings. The zero-order valence-electron chi connectivity index (χ0n) is 14.8. The van der Waals surface area contributed by atoms with Crippen molar-refractivity contribution < 1.29 is 4.79 Å². The lowest BCUT2D eigenvalue weighted by Gasteiger charge is -2.18. The number of ketones is 1. The first-order chi connectivity index (χ1) is 13.1. The molecule has 3 aromatic carbocycles. The zero-order valence-corrected chi connectivity index (χ0v) is 17.1. The van der Waals surface area contributed by atoms with E-state index in [0.717, 1.165) is 17.5 Å². The van der Waals surface area contributed by atoms with E-state index in [1.165, 1.54) is 5.56 Å². The fraction of sp³-hybridized carbons (Fsp3) is 0.174. The van der Waals surface area contributed by atoms with Gasteiger partial charge >= 0.3 is 0 Å². The molecule has 138 valence electrons. The third kappa shape index (κ3) is 6.14. The molecule has 0 saturated heterocycles. The Hall–Kier alpha value is -1.74. The summed E-state index contributed by atoms with van der Waals surface area (Å²) in [6, 6.07) is 25.7. The van der Waals surface area contributed by atoms with Crippen LogP contribution >= 0.6 is 35.0 Å². The Kier molecular flexibility index (Phi) is 7.40. The van der Waals surface area contributed by atoms with Crippen LogP contribution in [0.3, 0.4) is 0 Å². The van der Waals surface area contributed by atoms with Gasteiger partial charge in [-0.2, -0.15) is 0 Å². The Morgan fingerprint density at radius 1 is 0.778 bits per heavy atom. The molecular formula is C23H20Cl2OS. The molecule has 0 aromatic heterocycles. The van der Waals surface area contributed by atoms with Crippen LogP contribution in [-0.4, -0.2) is 11.5 Å². The Morgan fingerprint density at radius 3 is 1.81 bits per heavy atom. The minimum absolute atomic E-state index is 0.0696. The first kappa shape index (κ1) is 20.0. The van der Waals surface area contributed by atoms with E-state index in [9.17, 15) is 4.79 Å². The zero-order chi connectivity index (χ0) is 19.1. The number of thioether (sulfide) groups is 1. The van der Waals surface area contributed by atoms with Crippen molar-refractivity contribution in [3.63, 3.8) is 0 Å². The van der Waals surface area contributed by atoms with Gasteiger partial charge in [0.25, 0.3) is 0 Å². The number of aryl methyl sites for hydroxylation is 1. The highest BCUT2D eigenvalue weighted by Gasteiger charge is 2.17. The summed E-state index contributed by atoms with van der Waals surface area (Å²) in [5.41, 5.74) is 3.45. The number of carbonyl (C=O) groups is 1. The van der Waals surface area contributed by atoms with Crippen molar-refractivity contribution in [2.45, 2.75) is 18.1 Å². The van der Waals surface area contributed by atoms with Crippen LogP contribution in [0.15, 0.2) is 78.9 Å². The fourth-order valence-electron chi connectivity index (χ4n) is 2.84. The van der Waals surface area contributed by atoms with Crippen molar-refractivity contribution in [1.82, 2.24) is 0 Å². The minimum atomic E-state index is 0.0696. The summed E-state index contributed by atoms with van der Waals surface area (Å²) in [6.45, 7) is 0. The van der Waals surface area contributed by atoms with E-state index in [2.05, 4.69) is 12.1 Å². The molecule has 0 bridgehead atoms. The van der Waals surface area contributed by atoms with Crippen molar-refractivity contribution >= 4 is 40.7 Å². The van der Waals surface area contributed by atoms with E-state index < -0.39 is 0 Å². The average molecular weight is 415 g/mol. The number of hydrogen-bond acceptors (Lipinski definition) is 2. The predicted octanol–water partition coefficient (Wildman–Crippen LogP) is 7.02. The smallest absolute Gasteiger partial charge is 0.143 e. The van der Waals surface area contributed by atoms with Gasteiger partial charge in [0.1, 0.15) is 5.78 Å². The number of carbonyl (C=O) groups excluding carboxylic acids is 1. The quantitative estimate of drug-likeness (QED) is 0.393. The van der Waals surface area contributed by atoms with E-state index in [4.69, 9.17) is 23.2 Å². The monoisotopic (exact) mass is 414 g/mol. The highest BCUT2D eigenvalue weighted by atomic mass is 35.5. The van der Waals surface area contributed by atoms with Gasteiger partial charge < -0.3 is 0 Å². The maximum Gasteiger partial charge on any atom is 0.143 e. The summed E-state index contributed by atoms with van der Waals surface area (Å²) >= 11 is 13.7. The third-order valence-corrected chi connectivity index (χ3v) is 6.16. The Bertz CT molecular complexity index is 816. The third-order valence-electron chi connectivity index (χ3n) is 4.29. The highest BCUT2D eigenvalue weighted by Crippen LogP contribution is 2.36. The van der Waals surface area contributed by atoms with Crippen LogP contribution in [0.4, 0.5) is 0 Å². The van der Waals surface area contributed by atoms with Gasteiger partial charge in [0.05, 0.1) is 11.0 Å².